The minimum absolute atomic E-state index is 0.00496. The molecule has 1 amide bonds. The number of aliphatic carboxylic acids is 1. The number of methoxy groups -OCH3 is 1. The number of nitrogens with one attached hydrogen (secondary N) is 2. The van der Waals surface area contributed by atoms with E-state index in [-0.39, 0.29) is 24.3 Å². The molecule has 0 bridgehead atoms. The summed E-state index contributed by atoms with van der Waals surface area (Å²) in [5.74, 6) is -0.930. The molecule has 2 unspecified atom stereocenters. The fraction of sp³-hybridized carbons (Fsp3) is 0.846. The minimum Gasteiger partial charge on any atom is -0.481 e. The maximum absolute atomic E-state index is 12.3. The molecule has 0 radical (unpaired) electrons. The molecule has 6 nitrogen and oxygen atoms in total. The van der Waals surface area contributed by atoms with Gasteiger partial charge in [-0.05, 0) is 25.8 Å². The number of amides is 1. The lowest BCUT2D eigenvalue weighted by atomic mass is 9.77. The number of piperidine rings is 1. The van der Waals surface area contributed by atoms with Crippen LogP contribution in [0.5, 0.6) is 0 Å². The van der Waals surface area contributed by atoms with Crippen molar-refractivity contribution >= 4 is 11.9 Å². The average Bonchev–Trinajstić information content (AvgIpc) is 2.43. The Morgan fingerprint density at radius 3 is 2.74 bits per heavy atom. The van der Waals surface area contributed by atoms with E-state index >= 15 is 0 Å². The Morgan fingerprint density at radius 1 is 1.53 bits per heavy atom. The van der Waals surface area contributed by atoms with Gasteiger partial charge in [0.05, 0.1) is 17.9 Å². The smallest absolute Gasteiger partial charge is 0.306 e. The van der Waals surface area contributed by atoms with Crippen LogP contribution in [-0.4, -0.2) is 49.8 Å². The molecule has 3 N–H and O–H groups in total. The Balaban J connectivity index is 2.50. The van der Waals surface area contributed by atoms with Gasteiger partial charge in [0.2, 0.25) is 5.91 Å². The molecular formula is C13H24N2O4. The van der Waals surface area contributed by atoms with Gasteiger partial charge in [0.25, 0.3) is 0 Å². The maximum atomic E-state index is 12.3. The summed E-state index contributed by atoms with van der Waals surface area (Å²) >= 11 is 0. The lowest BCUT2D eigenvalue weighted by molar-refractivity contribution is -0.140. The van der Waals surface area contributed by atoms with Gasteiger partial charge in [-0.1, -0.05) is 6.92 Å². The van der Waals surface area contributed by atoms with Gasteiger partial charge < -0.3 is 20.5 Å². The number of carbonyl (C=O) groups excluding carboxylic acids is 1. The van der Waals surface area contributed by atoms with Crippen LogP contribution in [-0.2, 0) is 14.3 Å². The Hall–Kier alpha value is -1.14. The van der Waals surface area contributed by atoms with E-state index in [1.54, 1.807) is 0 Å². The molecule has 0 aromatic rings. The van der Waals surface area contributed by atoms with Crippen molar-refractivity contribution in [3.8, 4) is 0 Å². The molecule has 1 aliphatic rings. The van der Waals surface area contributed by atoms with Gasteiger partial charge in [-0.3, -0.25) is 9.59 Å². The SMILES string of the molecule is CCC1(C(=O)NCC(CC(=O)O)OC)CCCNC1. The van der Waals surface area contributed by atoms with Crippen LogP contribution < -0.4 is 10.6 Å². The Kier molecular flexibility index (Phi) is 6.24. The molecule has 0 aliphatic carbocycles. The summed E-state index contributed by atoms with van der Waals surface area (Å²) in [6, 6.07) is 0. The lowest BCUT2D eigenvalue weighted by Gasteiger charge is -2.35. The van der Waals surface area contributed by atoms with Crippen molar-refractivity contribution in [2.24, 2.45) is 5.41 Å². The van der Waals surface area contributed by atoms with Gasteiger partial charge in [-0.2, -0.15) is 0 Å². The van der Waals surface area contributed by atoms with Crippen molar-refractivity contribution in [2.45, 2.75) is 38.7 Å². The van der Waals surface area contributed by atoms with E-state index in [4.69, 9.17) is 9.84 Å². The minimum atomic E-state index is -0.925. The van der Waals surface area contributed by atoms with E-state index in [2.05, 4.69) is 10.6 Å². The molecule has 0 aromatic carbocycles. The molecule has 0 aromatic heterocycles. The summed E-state index contributed by atoms with van der Waals surface area (Å²) in [6.07, 6.45) is 2.06. The Labute approximate surface area is 113 Å². The van der Waals surface area contributed by atoms with Crippen molar-refractivity contribution in [1.82, 2.24) is 10.6 Å². The number of hydrogen-bond acceptors (Lipinski definition) is 4. The zero-order valence-electron chi connectivity index (χ0n) is 11.7. The van der Waals surface area contributed by atoms with Crippen molar-refractivity contribution in [2.75, 3.05) is 26.7 Å². The van der Waals surface area contributed by atoms with Crippen LogP contribution in [0.3, 0.4) is 0 Å². The molecule has 0 saturated carbocycles. The zero-order chi connectivity index (χ0) is 14.3. The summed E-state index contributed by atoms with van der Waals surface area (Å²) < 4.78 is 5.05. The highest BCUT2D eigenvalue weighted by atomic mass is 16.5. The van der Waals surface area contributed by atoms with Gasteiger partial charge in [-0.15, -0.1) is 0 Å². The summed E-state index contributed by atoms with van der Waals surface area (Å²) in [6.45, 7) is 3.89. The first kappa shape index (κ1) is 15.9. The fourth-order valence-corrected chi connectivity index (χ4v) is 2.45. The average molecular weight is 272 g/mol. The number of rotatable bonds is 7. The molecule has 2 atom stereocenters. The van der Waals surface area contributed by atoms with Crippen molar-refractivity contribution < 1.29 is 19.4 Å². The fourth-order valence-electron chi connectivity index (χ4n) is 2.45. The second-order valence-corrected chi connectivity index (χ2v) is 5.08. The van der Waals surface area contributed by atoms with Gasteiger partial charge in [-0.25, -0.2) is 0 Å². The van der Waals surface area contributed by atoms with Gasteiger partial charge in [0.1, 0.15) is 0 Å². The van der Waals surface area contributed by atoms with E-state index < -0.39 is 12.1 Å². The van der Waals surface area contributed by atoms with Crippen LogP contribution in [0.4, 0.5) is 0 Å². The number of carboxylic acids is 1. The largest absolute Gasteiger partial charge is 0.481 e. The molecular weight excluding hydrogens is 248 g/mol. The summed E-state index contributed by atoms with van der Waals surface area (Å²) in [4.78, 5) is 22.9. The molecule has 0 spiro atoms. The first-order valence-electron chi connectivity index (χ1n) is 6.77. The van der Waals surface area contributed by atoms with Crippen LogP contribution in [0.2, 0.25) is 0 Å². The quantitative estimate of drug-likeness (QED) is 0.623. The summed E-state index contributed by atoms with van der Waals surface area (Å²) in [7, 11) is 1.46. The normalized spacial score (nSPS) is 24.7. The second-order valence-electron chi connectivity index (χ2n) is 5.08. The number of ether oxygens (including phenoxy) is 1. The molecule has 1 heterocycles. The third-order valence-electron chi connectivity index (χ3n) is 3.86. The van der Waals surface area contributed by atoms with Crippen molar-refractivity contribution in [3.05, 3.63) is 0 Å². The van der Waals surface area contributed by atoms with E-state index in [9.17, 15) is 9.59 Å². The maximum Gasteiger partial charge on any atom is 0.306 e. The highest BCUT2D eigenvalue weighted by molar-refractivity contribution is 5.83. The van der Waals surface area contributed by atoms with Gasteiger partial charge in [0.15, 0.2) is 0 Å². The first-order chi connectivity index (χ1) is 9.04. The zero-order valence-corrected chi connectivity index (χ0v) is 11.7. The van der Waals surface area contributed by atoms with Crippen LogP contribution in [0, 0.1) is 5.41 Å². The predicted octanol–water partition coefficient (Wildman–Crippen LogP) is 0.372. The van der Waals surface area contributed by atoms with Crippen molar-refractivity contribution in [1.29, 1.82) is 0 Å². The van der Waals surface area contributed by atoms with Crippen LogP contribution >= 0.6 is 0 Å². The molecule has 1 aliphatic heterocycles. The Bertz CT molecular complexity index is 314. The molecule has 6 heteroatoms. The first-order valence-corrected chi connectivity index (χ1v) is 6.77. The molecule has 1 fully saturated rings. The Morgan fingerprint density at radius 2 is 2.26 bits per heavy atom. The van der Waals surface area contributed by atoms with Crippen LogP contribution in [0.1, 0.15) is 32.6 Å². The van der Waals surface area contributed by atoms with E-state index in [0.717, 1.165) is 25.8 Å². The topological polar surface area (TPSA) is 87.7 Å². The summed E-state index contributed by atoms with van der Waals surface area (Å²) in [5.41, 5.74) is -0.361. The van der Waals surface area contributed by atoms with E-state index in [1.807, 2.05) is 6.92 Å². The summed E-state index contributed by atoms with van der Waals surface area (Å²) in [5, 5.41) is 14.8. The second kappa shape index (κ2) is 7.45. The van der Waals surface area contributed by atoms with Crippen molar-refractivity contribution in [3.63, 3.8) is 0 Å². The lowest BCUT2D eigenvalue weighted by Crippen LogP contribution is -2.51. The third-order valence-corrected chi connectivity index (χ3v) is 3.86. The predicted molar refractivity (Wildman–Crippen MR) is 70.9 cm³/mol. The monoisotopic (exact) mass is 272 g/mol. The van der Waals surface area contributed by atoms with Gasteiger partial charge >= 0.3 is 5.97 Å². The molecule has 19 heavy (non-hydrogen) atoms. The van der Waals surface area contributed by atoms with Crippen LogP contribution in [0.15, 0.2) is 0 Å². The molecule has 1 rings (SSSR count). The number of hydrogen-bond donors (Lipinski definition) is 3. The third kappa shape index (κ3) is 4.47. The molecule has 1 saturated heterocycles. The van der Waals surface area contributed by atoms with Gasteiger partial charge in [0, 0.05) is 20.2 Å². The highest BCUT2D eigenvalue weighted by Crippen LogP contribution is 2.30. The van der Waals surface area contributed by atoms with E-state index in [0.29, 0.717) is 6.54 Å². The van der Waals surface area contributed by atoms with Crippen LogP contribution in [0.25, 0.3) is 0 Å². The number of carboxylic acid groups (broad SMARTS) is 1. The number of carbonyl (C=O) groups is 2. The van der Waals surface area contributed by atoms with E-state index in [1.165, 1.54) is 7.11 Å². The molecule has 110 valence electrons. The standard InChI is InChI=1S/C13H24N2O4/c1-3-13(5-4-6-14-9-13)12(18)15-8-10(19-2)7-11(16)17/h10,14H,3-9H2,1-2H3,(H,15,18)(H,16,17). The highest BCUT2D eigenvalue weighted by Gasteiger charge is 2.37.